The first-order chi connectivity index (χ1) is 6.40. The lowest BCUT2D eigenvalue weighted by atomic mass is 9.93. The van der Waals surface area contributed by atoms with E-state index in [1.807, 2.05) is 0 Å². The summed E-state index contributed by atoms with van der Waals surface area (Å²) in [6, 6.07) is -2.29. The van der Waals surface area contributed by atoms with Gasteiger partial charge in [0.2, 0.25) is 0 Å². The minimum Gasteiger partial charge on any atom is -0.481 e. The van der Waals surface area contributed by atoms with E-state index in [-0.39, 0.29) is 6.42 Å². The minimum absolute atomic E-state index is 0.299. The second-order valence-corrected chi connectivity index (χ2v) is 2.97. The van der Waals surface area contributed by atoms with Crippen LogP contribution in [-0.4, -0.2) is 45.9 Å². The molecule has 0 rings (SSSR count). The molecule has 14 heavy (non-hydrogen) atoms. The first-order valence-electron chi connectivity index (χ1n) is 3.97. The van der Waals surface area contributed by atoms with Gasteiger partial charge in [0.25, 0.3) is 0 Å². The second kappa shape index (κ2) is 5.53. The molecule has 82 valence electrons. The van der Waals surface area contributed by atoms with Gasteiger partial charge in [-0.25, -0.2) is 0 Å². The number of hydrogen-bond acceptors (Lipinski definition) is 5. The topological polar surface area (TPSA) is 147 Å². The van der Waals surface area contributed by atoms with Crippen molar-refractivity contribution in [3.63, 3.8) is 0 Å². The average molecular weight is 206 g/mol. The smallest absolute Gasteiger partial charge is 0.320 e. The van der Waals surface area contributed by atoms with Crippen molar-refractivity contribution in [2.75, 3.05) is 6.61 Å². The van der Waals surface area contributed by atoms with Gasteiger partial charge >= 0.3 is 11.9 Å². The number of hydrogen-bond donors (Lipinski definition) is 5. The summed E-state index contributed by atoms with van der Waals surface area (Å²) >= 11 is 0. The molecule has 7 heteroatoms. The molecule has 0 fully saturated rings. The van der Waals surface area contributed by atoms with Crippen LogP contribution < -0.4 is 11.5 Å². The van der Waals surface area contributed by atoms with Crippen molar-refractivity contribution < 1.29 is 24.9 Å². The highest BCUT2D eigenvalue weighted by atomic mass is 16.4. The minimum atomic E-state index is -1.29. The van der Waals surface area contributed by atoms with Gasteiger partial charge in [0.15, 0.2) is 0 Å². The van der Waals surface area contributed by atoms with Crippen LogP contribution in [0.3, 0.4) is 0 Å². The maximum absolute atomic E-state index is 10.6. The summed E-state index contributed by atoms with van der Waals surface area (Å²) in [6.45, 7) is -0.524. The van der Waals surface area contributed by atoms with Crippen molar-refractivity contribution in [3.8, 4) is 0 Å². The van der Waals surface area contributed by atoms with E-state index in [1.165, 1.54) is 0 Å². The van der Waals surface area contributed by atoms with Crippen LogP contribution in [0.25, 0.3) is 0 Å². The van der Waals surface area contributed by atoms with E-state index in [0.717, 1.165) is 0 Å². The molecule has 0 aromatic carbocycles. The fraction of sp³-hybridized carbons (Fsp3) is 0.714. The summed E-state index contributed by atoms with van der Waals surface area (Å²) in [5.74, 6) is -3.70. The average Bonchev–Trinajstić information content (AvgIpc) is 2.11. The lowest BCUT2D eigenvalue weighted by molar-refractivity contribution is -0.144. The summed E-state index contributed by atoms with van der Waals surface area (Å²) in [5.41, 5.74) is 10.4. The van der Waals surface area contributed by atoms with Crippen molar-refractivity contribution in [1.29, 1.82) is 0 Å². The highest BCUT2D eigenvalue weighted by Gasteiger charge is 2.29. The molecular weight excluding hydrogens is 192 g/mol. The van der Waals surface area contributed by atoms with Gasteiger partial charge in [0, 0.05) is 6.04 Å². The zero-order chi connectivity index (χ0) is 11.3. The van der Waals surface area contributed by atoms with Gasteiger partial charge in [0.05, 0.1) is 12.5 Å². The van der Waals surface area contributed by atoms with Crippen LogP contribution in [0.5, 0.6) is 0 Å². The Kier molecular flexibility index (Phi) is 5.06. The Morgan fingerprint density at radius 3 is 1.93 bits per heavy atom. The Hall–Kier alpha value is -1.18. The molecule has 0 aromatic heterocycles. The van der Waals surface area contributed by atoms with Crippen molar-refractivity contribution in [1.82, 2.24) is 0 Å². The van der Waals surface area contributed by atoms with Crippen LogP contribution in [0.15, 0.2) is 0 Å². The number of aliphatic hydroxyl groups excluding tert-OH is 1. The molecule has 0 bridgehead atoms. The number of carboxylic acids is 2. The van der Waals surface area contributed by atoms with Crippen molar-refractivity contribution in [3.05, 3.63) is 0 Å². The maximum atomic E-state index is 10.6. The molecule has 0 aromatic rings. The highest BCUT2D eigenvalue weighted by Crippen LogP contribution is 2.10. The molecule has 0 spiro atoms. The Labute approximate surface area is 80.3 Å². The Morgan fingerprint density at radius 2 is 1.64 bits per heavy atom. The summed E-state index contributed by atoms with van der Waals surface area (Å²) in [5, 5.41) is 25.7. The largest absolute Gasteiger partial charge is 0.481 e. The van der Waals surface area contributed by atoms with Gasteiger partial charge in [-0.3, -0.25) is 9.59 Å². The van der Waals surface area contributed by atoms with E-state index in [2.05, 4.69) is 0 Å². The molecule has 0 aliphatic rings. The molecule has 0 saturated carbocycles. The van der Waals surface area contributed by atoms with Crippen LogP contribution >= 0.6 is 0 Å². The Bertz CT molecular complexity index is 220. The third-order valence-electron chi connectivity index (χ3n) is 1.87. The number of carboxylic acid groups (broad SMARTS) is 2. The third-order valence-corrected chi connectivity index (χ3v) is 1.87. The first-order valence-corrected chi connectivity index (χ1v) is 3.97. The number of rotatable bonds is 6. The van der Waals surface area contributed by atoms with Crippen molar-refractivity contribution >= 4 is 11.9 Å². The Morgan fingerprint density at radius 1 is 1.14 bits per heavy atom. The zero-order valence-corrected chi connectivity index (χ0v) is 7.46. The lowest BCUT2D eigenvalue weighted by Crippen LogP contribution is -2.43. The summed E-state index contributed by atoms with van der Waals surface area (Å²) in [4.78, 5) is 21.0. The van der Waals surface area contributed by atoms with Crippen molar-refractivity contribution in [2.24, 2.45) is 17.4 Å². The van der Waals surface area contributed by atoms with Crippen LogP contribution in [0.1, 0.15) is 6.42 Å². The zero-order valence-electron chi connectivity index (χ0n) is 7.46. The summed E-state index contributed by atoms with van der Waals surface area (Å²) < 4.78 is 0. The summed E-state index contributed by atoms with van der Waals surface area (Å²) in [7, 11) is 0. The molecule has 2 unspecified atom stereocenters. The predicted molar refractivity (Wildman–Crippen MR) is 46.4 cm³/mol. The van der Waals surface area contributed by atoms with E-state index in [4.69, 9.17) is 26.8 Å². The molecule has 7 N–H and O–H groups in total. The fourth-order valence-electron chi connectivity index (χ4n) is 0.960. The quantitative estimate of drug-likeness (QED) is 0.331. The molecule has 0 aliphatic carbocycles. The number of carbonyl (C=O) groups is 2. The van der Waals surface area contributed by atoms with Crippen LogP contribution in [-0.2, 0) is 9.59 Å². The molecule has 0 radical (unpaired) electrons. The lowest BCUT2D eigenvalue weighted by Gasteiger charge is -2.19. The monoisotopic (exact) mass is 206 g/mol. The van der Waals surface area contributed by atoms with Gasteiger partial charge in [-0.05, 0) is 6.42 Å². The molecular formula is C7H14N2O5. The van der Waals surface area contributed by atoms with E-state index >= 15 is 0 Å². The molecule has 0 saturated heterocycles. The maximum Gasteiger partial charge on any atom is 0.320 e. The van der Waals surface area contributed by atoms with E-state index in [9.17, 15) is 9.59 Å². The van der Waals surface area contributed by atoms with E-state index < -0.39 is 36.5 Å². The molecule has 0 aliphatic heterocycles. The summed E-state index contributed by atoms with van der Waals surface area (Å²) in [6.07, 6.45) is -0.299. The third kappa shape index (κ3) is 3.69. The number of aliphatic carboxylic acids is 2. The molecule has 0 amide bonds. The van der Waals surface area contributed by atoms with Crippen LogP contribution in [0.2, 0.25) is 0 Å². The molecule has 0 heterocycles. The normalized spacial score (nSPS) is 17.1. The SMILES string of the molecule is NC(CO)C(C[C@H](N)C(=O)O)C(=O)O. The predicted octanol–water partition coefficient (Wildman–Crippen LogP) is -2.19. The van der Waals surface area contributed by atoms with Gasteiger partial charge in [-0.15, -0.1) is 0 Å². The first kappa shape index (κ1) is 12.8. The van der Waals surface area contributed by atoms with Crippen molar-refractivity contribution in [2.45, 2.75) is 18.5 Å². The van der Waals surface area contributed by atoms with Gasteiger partial charge in [-0.2, -0.15) is 0 Å². The highest BCUT2D eigenvalue weighted by molar-refractivity contribution is 5.76. The fourth-order valence-corrected chi connectivity index (χ4v) is 0.960. The molecule has 7 nitrogen and oxygen atoms in total. The van der Waals surface area contributed by atoms with Crippen LogP contribution in [0, 0.1) is 5.92 Å². The Balaban J connectivity index is 4.38. The van der Waals surface area contributed by atoms with E-state index in [1.54, 1.807) is 0 Å². The van der Waals surface area contributed by atoms with Gasteiger partial charge in [-0.1, -0.05) is 0 Å². The second-order valence-electron chi connectivity index (χ2n) is 2.97. The van der Waals surface area contributed by atoms with Gasteiger partial charge < -0.3 is 26.8 Å². The molecule has 3 atom stereocenters. The standard InChI is InChI=1S/C7H14N2O5/c8-4(7(13)14)1-3(6(11)12)5(9)2-10/h3-5,10H,1-2,8-9H2,(H,11,12)(H,13,14)/t3?,4-,5?/m0/s1. The van der Waals surface area contributed by atoms with E-state index in [0.29, 0.717) is 0 Å². The van der Waals surface area contributed by atoms with Gasteiger partial charge in [0.1, 0.15) is 6.04 Å². The van der Waals surface area contributed by atoms with Crippen LogP contribution in [0.4, 0.5) is 0 Å². The number of aliphatic hydroxyl groups is 1. The number of nitrogens with two attached hydrogens (primary N) is 2.